The van der Waals surface area contributed by atoms with Gasteiger partial charge in [-0.2, -0.15) is 0 Å². The first-order valence-corrected chi connectivity index (χ1v) is 41.2. The Bertz CT molecular complexity index is 4320. The van der Waals surface area contributed by atoms with E-state index in [9.17, 15) is 54.0 Å². The smallest absolute Gasteiger partial charge is 0.327 e. The van der Waals surface area contributed by atoms with Crippen LogP contribution in [-0.4, -0.2) is 218 Å². The molecule has 0 spiro atoms. The Morgan fingerprint density at radius 3 is 1.62 bits per heavy atom. The van der Waals surface area contributed by atoms with E-state index in [2.05, 4.69) is 74.1 Å². The number of benzene rings is 5. The van der Waals surface area contributed by atoms with Crippen LogP contribution < -0.4 is 80.6 Å². The molecule has 0 unspecified atom stereocenters. The molecule has 2 bridgehead atoms. The van der Waals surface area contributed by atoms with Gasteiger partial charge in [-0.25, -0.2) is 4.79 Å². The van der Waals surface area contributed by atoms with E-state index in [1.807, 2.05) is 26.0 Å². The molecule has 6 aromatic rings. The summed E-state index contributed by atoms with van der Waals surface area (Å²) in [4.78, 5) is 195. The first kappa shape index (κ1) is 90.6. The fourth-order valence-electron chi connectivity index (χ4n) is 12.9. The van der Waals surface area contributed by atoms with Crippen molar-refractivity contribution in [1.82, 2.24) is 74.1 Å². The number of H-pyrrole nitrogens is 1. The Hall–Kier alpha value is -11.0. The van der Waals surface area contributed by atoms with Crippen LogP contribution in [0.2, 0.25) is 0 Å². The number of aliphatic carboxylic acids is 1. The zero-order valence-corrected chi connectivity index (χ0v) is 66.5. The van der Waals surface area contributed by atoms with Crippen LogP contribution >= 0.6 is 21.6 Å². The number of para-hydroxylation sites is 1. The van der Waals surface area contributed by atoms with Crippen LogP contribution in [0.4, 0.5) is 0 Å². The zero-order valence-electron chi connectivity index (χ0n) is 64.9. The van der Waals surface area contributed by atoms with Gasteiger partial charge in [0, 0.05) is 79.8 Å². The SMILES string of the molecule is CC(C)NCc1ccc(C[C@@H]2NC(=O)[C@@H](Cc3c[nH]c4ccccc34)NC(=O)[C@@H]3CCC(=O)NCCCC[C@H](NC(=O)[C@H](Cc4ccccc4)NC(=O)[C@H]([C@@H](C)O)NC2=O)C(=O)N[C@@H](CO)C(=O)N[C@H](C(=O)O)CSSC[C@H](NC(=O)[C@@H](N)Cc2ccc(O)cc2)C(=O)N[C@@H](CCCCN)C(=O)N[C@@H](Cc2ccccc2)C(=O)N3)cc1. The number of amides is 12. The summed E-state index contributed by atoms with van der Waals surface area (Å²) in [5.41, 5.74) is 16.4. The third kappa shape index (κ3) is 28.8. The maximum Gasteiger partial charge on any atom is 0.327 e. The molecule has 8 rings (SSSR count). The fraction of sp³-hybridized carbons (Fsp3) is 0.444. The van der Waals surface area contributed by atoms with Gasteiger partial charge in [0.05, 0.1) is 18.8 Å². The van der Waals surface area contributed by atoms with Gasteiger partial charge >= 0.3 is 5.97 Å². The molecule has 0 saturated carbocycles. The molecule has 624 valence electrons. The van der Waals surface area contributed by atoms with Gasteiger partial charge < -0.3 is 106 Å². The zero-order chi connectivity index (χ0) is 83.8. The number of nitrogens with two attached hydrogens (primary N) is 2. The van der Waals surface area contributed by atoms with Gasteiger partial charge in [-0.1, -0.05) is 151 Å². The highest BCUT2D eigenvalue weighted by atomic mass is 33.1. The summed E-state index contributed by atoms with van der Waals surface area (Å²) in [5, 5.41) is 78.5. The van der Waals surface area contributed by atoms with Crippen molar-refractivity contribution in [2.45, 2.75) is 195 Å². The van der Waals surface area contributed by atoms with Gasteiger partial charge in [-0.15, -0.1) is 0 Å². The number of fused-ring (bicyclic) bond motifs is 10. The van der Waals surface area contributed by atoms with E-state index in [-0.39, 0.29) is 94.8 Å². The van der Waals surface area contributed by atoms with Gasteiger partial charge in [0.25, 0.3) is 0 Å². The van der Waals surface area contributed by atoms with Crippen molar-refractivity contribution in [3.05, 3.63) is 173 Å². The molecule has 3 heterocycles. The second kappa shape index (κ2) is 46.0. The summed E-state index contributed by atoms with van der Waals surface area (Å²) < 4.78 is 0. The Labute approximate surface area is 679 Å². The standard InChI is InChI=1S/C81H106N16O17S2/c1-46(2)85-41-52-26-24-51(25-27-52)39-63-77(109)97-69(47(3)99)80(112)93-62(38-49-18-8-5-9-19-49)75(107)87-59-23-13-15-35-84-68(101)33-32-60(73(105)92-64(76(108)91-63)40-53-42-86-57-21-11-10-20-55(53)57)89-74(106)61(37-48-16-6-4-7-17-48)90-71(103)58(22-12-14-34-82)88-79(111)66(95-70(102)56(83)36-50-28-30-54(100)31-29-50)44-115-116-45-67(81(113)114)96-78(110)65(43-98)94-72(59)104/h4-11,16-21,24-31,42,46-47,56,58-67,69,85-86,98-100H,12-15,22-23,32-41,43-45,82-83H2,1-3H3,(H,84,101)(H,87,107)(H,88,111)(H,89,106)(H,90,103)(H,91,108)(H,92,105)(H,93,112)(H,94,104)(H,95,102)(H,96,110)(H,97,109)(H,113,114)/t47-,56+,58+,59+,60+,61+,62+,63+,64-,65+,66+,67+,69+/m1/s1. The Kier molecular flexibility index (Phi) is 35.9. The molecule has 116 heavy (non-hydrogen) atoms. The minimum atomic E-state index is -1.88. The van der Waals surface area contributed by atoms with Crippen LogP contribution in [0.5, 0.6) is 5.75 Å². The third-order valence-corrected chi connectivity index (χ3v) is 22.0. The van der Waals surface area contributed by atoms with E-state index < -0.39 is 181 Å². The Morgan fingerprint density at radius 1 is 0.526 bits per heavy atom. The highest BCUT2D eigenvalue weighted by Crippen LogP contribution is 2.25. The number of hydrogen-bond donors (Lipinski definition) is 20. The number of aromatic hydroxyl groups is 1. The molecule has 0 radical (unpaired) electrons. The van der Waals surface area contributed by atoms with Crippen molar-refractivity contribution < 1.29 is 82.8 Å². The van der Waals surface area contributed by atoms with Gasteiger partial charge in [0.15, 0.2) is 0 Å². The van der Waals surface area contributed by atoms with Crippen LogP contribution in [0.25, 0.3) is 10.9 Å². The number of phenols is 1. The van der Waals surface area contributed by atoms with E-state index >= 15 is 28.8 Å². The third-order valence-electron chi connectivity index (χ3n) is 19.5. The quantitative estimate of drug-likeness (QED) is 0.0304. The van der Waals surface area contributed by atoms with Crippen LogP contribution in [-0.2, 0) is 101 Å². The molecule has 2 saturated heterocycles. The number of unbranched alkanes of at least 4 members (excludes halogenated alkanes) is 1. The van der Waals surface area contributed by atoms with Crippen molar-refractivity contribution in [1.29, 1.82) is 0 Å². The van der Waals surface area contributed by atoms with Gasteiger partial charge in [0.1, 0.15) is 72.2 Å². The van der Waals surface area contributed by atoms with Gasteiger partial charge in [0.2, 0.25) is 70.9 Å². The summed E-state index contributed by atoms with van der Waals surface area (Å²) in [6.07, 6.45) is -1.84. The van der Waals surface area contributed by atoms with Crippen molar-refractivity contribution >= 4 is 109 Å². The number of aromatic nitrogens is 1. The van der Waals surface area contributed by atoms with Crippen LogP contribution in [0.3, 0.4) is 0 Å². The highest BCUT2D eigenvalue weighted by Gasteiger charge is 2.39. The van der Waals surface area contributed by atoms with Crippen LogP contribution in [0.1, 0.15) is 106 Å². The van der Waals surface area contributed by atoms with E-state index in [4.69, 9.17) is 11.5 Å². The molecule has 2 aliphatic rings. The largest absolute Gasteiger partial charge is 0.508 e. The maximum absolute atomic E-state index is 15.6. The molecule has 2 aliphatic heterocycles. The number of carboxylic acid groups (broad SMARTS) is 1. The number of aliphatic hydroxyl groups is 2. The fourth-order valence-corrected chi connectivity index (χ4v) is 15.2. The molecule has 13 atom stereocenters. The first-order chi connectivity index (χ1) is 55.6. The average molecular weight is 1640 g/mol. The summed E-state index contributed by atoms with van der Waals surface area (Å²) in [5.74, 6) is -14.2. The number of aromatic amines is 1. The lowest BCUT2D eigenvalue weighted by Crippen LogP contribution is -2.63. The summed E-state index contributed by atoms with van der Waals surface area (Å²) in [7, 11) is 1.69. The van der Waals surface area contributed by atoms with E-state index in [0.717, 1.165) is 27.2 Å². The summed E-state index contributed by atoms with van der Waals surface area (Å²) in [6.45, 7) is 4.59. The second-order valence-corrected chi connectivity index (χ2v) is 31.6. The normalized spacial score (nSPS) is 23.5. The lowest BCUT2D eigenvalue weighted by atomic mass is 9.99. The number of carbonyl (C=O) groups is 13. The number of aliphatic hydroxyl groups excluding tert-OH is 2. The number of hydrogen-bond acceptors (Lipinski definition) is 21. The van der Waals surface area contributed by atoms with Crippen LogP contribution in [0, 0.1) is 0 Å². The first-order valence-electron chi connectivity index (χ1n) is 38.7. The molecular weight excluding hydrogens is 1530 g/mol. The monoisotopic (exact) mass is 1640 g/mol. The summed E-state index contributed by atoms with van der Waals surface area (Å²) >= 11 is 0. The molecule has 2 fully saturated rings. The number of carbonyl (C=O) groups excluding carboxylic acids is 12. The number of rotatable bonds is 22. The Morgan fingerprint density at radius 2 is 1.03 bits per heavy atom. The Balaban J connectivity index is 1.25. The molecule has 12 amide bonds. The lowest BCUT2D eigenvalue weighted by Gasteiger charge is -2.29. The molecule has 35 heteroatoms. The number of phenolic OH excluding ortho intramolecular Hbond substituents is 1. The van der Waals surface area contributed by atoms with Crippen molar-refractivity contribution in [2.24, 2.45) is 11.5 Å². The van der Waals surface area contributed by atoms with Crippen molar-refractivity contribution in [3.8, 4) is 5.75 Å². The lowest BCUT2D eigenvalue weighted by molar-refractivity contribution is -0.142. The average Bonchev–Trinajstić information content (AvgIpc) is 1.66. The molecular formula is C81H106N16O17S2. The van der Waals surface area contributed by atoms with Crippen molar-refractivity contribution in [2.75, 3.05) is 31.2 Å². The molecule has 22 N–H and O–H groups in total. The summed E-state index contributed by atoms with van der Waals surface area (Å²) in [6, 6.07) is 17.3. The topological polar surface area (TPSA) is 527 Å². The molecule has 1 aromatic heterocycles. The van der Waals surface area contributed by atoms with E-state index in [1.165, 1.54) is 31.2 Å². The predicted octanol–water partition coefficient (Wildman–Crippen LogP) is -0.393. The van der Waals surface area contributed by atoms with Gasteiger partial charge in [-0.3, -0.25) is 57.5 Å². The predicted molar refractivity (Wildman–Crippen MR) is 436 cm³/mol. The molecule has 33 nitrogen and oxygen atoms in total. The second-order valence-electron chi connectivity index (χ2n) is 29.1. The number of carboxylic acids is 1. The van der Waals surface area contributed by atoms with E-state index in [1.54, 1.807) is 103 Å². The minimum absolute atomic E-state index is 0.0265. The van der Waals surface area contributed by atoms with Crippen LogP contribution in [0.15, 0.2) is 140 Å². The molecule has 5 aromatic carbocycles. The number of nitrogens with one attached hydrogen (secondary N) is 14. The maximum atomic E-state index is 15.6. The van der Waals surface area contributed by atoms with Gasteiger partial charge in [-0.05, 0) is 116 Å². The van der Waals surface area contributed by atoms with E-state index in [0.29, 0.717) is 51.7 Å². The highest BCUT2D eigenvalue weighted by molar-refractivity contribution is 8.76. The molecule has 0 aliphatic carbocycles. The minimum Gasteiger partial charge on any atom is -0.508 e. The van der Waals surface area contributed by atoms with Crippen molar-refractivity contribution in [3.63, 3.8) is 0 Å².